The number of tetrazole rings is 1. The molecule has 0 saturated carbocycles. The maximum absolute atomic E-state index is 10.6. The van der Waals surface area contributed by atoms with Crippen molar-refractivity contribution in [3.8, 4) is 0 Å². The average Bonchev–Trinajstić information content (AvgIpc) is 3.34. The number of aromatic nitrogens is 8. The molecule has 26 heavy (non-hydrogen) atoms. The highest BCUT2D eigenvalue weighted by molar-refractivity contribution is 5.19. The number of rotatable bonds is 6. The van der Waals surface area contributed by atoms with Gasteiger partial charge < -0.3 is 9.67 Å². The van der Waals surface area contributed by atoms with Gasteiger partial charge in [-0.1, -0.05) is 0 Å². The van der Waals surface area contributed by atoms with Crippen LogP contribution < -0.4 is 0 Å². The summed E-state index contributed by atoms with van der Waals surface area (Å²) >= 11 is 0. The Morgan fingerprint density at radius 3 is 2.88 bits per heavy atom. The van der Waals surface area contributed by atoms with Gasteiger partial charge in [-0.25, -0.2) is 9.67 Å². The van der Waals surface area contributed by atoms with E-state index < -0.39 is 6.10 Å². The topological polar surface area (TPSA) is 103 Å². The minimum Gasteiger partial charge on any atom is -0.379 e. The molecular weight excluding hydrogens is 334 g/mol. The van der Waals surface area contributed by atoms with Gasteiger partial charge in [-0.2, -0.15) is 5.10 Å². The van der Waals surface area contributed by atoms with E-state index in [-0.39, 0.29) is 0 Å². The van der Waals surface area contributed by atoms with Crippen LogP contribution in [0, 0.1) is 6.92 Å². The number of aryl methyl sites for hydroxylation is 3. The molecule has 0 fully saturated rings. The molecule has 1 aliphatic heterocycles. The largest absolute Gasteiger partial charge is 0.379 e. The molecule has 1 atom stereocenters. The molecule has 4 heterocycles. The Hall–Kier alpha value is -2.59. The number of nitrogens with zero attached hydrogens (tertiary/aromatic N) is 9. The van der Waals surface area contributed by atoms with Gasteiger partial charge in [0.2, 0.25) is 0 Å². The zero-order valence-corrected chi connectivity index (χ0v) is 15.0. The number of hydrogen-bond donors (Lipinski definition) is 1. The van der Waals surface area contributed by atoms with Crippen LogP contribution in [0.4, 0.5) is 0 Å². The summed E-state index contributed by atoms with van der Waals surface area (Å²) in [6, 6.07) is 1.98. The molecule has 138 valence electrons. The van der Waals surface area contributed by atoms with E-state index in [4.69, 9.17) is 0 Å². The summed E-state index contributed by atoms with van der Waals surface area (Å²) in [5, 5.41) is 26.7. The molecule has 10 nitrogen and oxygen atoms in total. The molecule has 10 heteroatoms. The molecule has 0 aliphatic carbocycles. The quantitative estimate of drug-likeness (QED) is 0.657. The van der Waals surface area contributed by atoms with Gasteiger partial charge in [0.25, 0.3) is 0 Å². The van der Waals surface area contributed by atoms with Gasteiger partial charge in [0.1, 0.15) is 11.6 Å². The normalized spacial score (nSPS) is 16.0. The second-order valence-electron chi connectivity index (χ2n) is 6.66. The highest BCUT2D eigenvalue weighted by Crippen LogP contribution is 2.22. The van der Waals surface area contributed by atoms with Crippen LogP contribution >= 0.6 is 0 Å². The fourth-order valence-corrected chi connectivity index (χ4v) is 3.34. The van der Waals surface area contributed by atoms with Crippen molar-refractivity contribution in [3.63, 3.8) is 0 Å². The first-order chi connectivity index (χ1) is 12.6. The van der Waals surface area contributed by atoms with E-state index in [1.165, 1.54) is 0 Å². The van der Waals surface area contributed by atoms with Gasteiger partial charge in [0.05, 0.1) is 17.9 Å². The smallest absolute Gasteiger partial charge is 0.155 e. The lowest BCUT2D eigenvalue weighted by molar-refractivity contribution is 0.195. The third-order valence-corrected chi connectivity index (χ3v) is 4.83. The van der Waals surface area contributed by atoms with Crippen molar-refractivity contribution < 1.29 is 5.11 Å². The summed E-state index contributed by atoms with van der Waals surface area (Å²) in [6.45, 7) is 6.30. The standard InChI is InChI=1S/C16H23N9O/c1-12-18-20-21-24(12)6-3-5-23-8-9-25-13(11-23)10-14(19-25)15(26)16-17-4-7-22(16)2/h4,7,10,15,26H,3,5-6,8-9,11H2,1-2H3. The lowest BCUT2D eigenvalue weighted by Crippen LogP contribution is -2.34. The molecule has 0 aromatic carbocycles. The molecule has 0 bridgehead atoms. The Labute approximate surface area is 151 Å². The van der Waals surface area contributed by atoms with E-state index in [0.717, 1.165) is 50.7 Å². The highest BCUT2D eigenvalue weighted by atomic mass is 16.3. The predicted octanol–water partition coefficient (Wildman–Crippen LogP) is -0.101. The first-order valence-corrected chi connectivity index (χ1v) is 8.79. The number of hydrogen-bond acceptors (Lipinski definition) is 7. The lowest BCUT2D eigenvalue weighted by Gasteiger charge is -2.27. The van der Waals surface area contributed by atoms with Crippen LogP contribution in [0.25, 0.3) is 0 Å². The summed E-state index contributed by atoms with van der Waals surface area (Å²) in [5.41, 5.74) is 1.78. The van der Waals surface area contributed by atoms with E-state index in [2.05, 4.69) is 30.5 Å². The van der Waals surface area contributed by atoms with Crippen molar-refractivity contribution in [2.75, 3.05) is 13.1 Å². The van der Waals surface area contributed by atoms with Crippen molar-refractivity contribution >= 4 is 0 Å². The molecule has 0 saturated heterocycles. The molecular formula is C16H23N9O. The van der Waals surface area contributed by atoms with E-state index >= 15 is 0 Å². The van der Waals surface area contributed by atoms with Crippen LogP contribution in [0.5, 0.6) is 0 Å². The Morgan fingerprint density at radius 2 is 2.15 bits per heavy atom. The molecule has 0 amide bonds. The second kappa shape index (κ2) is 6.96. The summed E-state index contributed by atoms with van der Waals surface area (Å²) < 4.78 is 5.63. The predicted molar refractivity (Wildman–Crippen MR) is 91.9 cm³/mol. The molecule has 3 aromatic rings. The fourth-order valence-electron chi connectivity index (χ4n) is 3.34. The first-order valence-electron chi connectivity index (χ1n) is 8.79. The maximum Gasteiger partial charge on any atom is 0.155 e. The van der Waals surface area contributed by atoms with Crippen LogP contribution in [-0.4, -0.2) is 62.6 Å². The number of aliphatic hydroxyl groups is 1. The van der Waals surface area contributed by atoms with Crippen LogP contribution in [0.15, 0.2) is 18.5 Å². The van der Waals surface area contributed by atoms with Gasteiger partial charge in [0.15, 0.2) is 6.10 Å². The second-order valence-corrected chi connectivity index (χ2v) is 6.66. The summed E-state index contributed by atoms with van der Waals surface area (Å²) in [7, 11) is 1.87. The van der Waals surface area contributed by atoms with E-state index in [1.807, 2.05) is 40.2 Å². The Bertz CT molecular complexity index is 880. The van der Waals surface area contributed by atoms with Crippen molar-refractivity contribution in [2.24, 2.45) is 7.05 Å². The van der Waals surface area contributed by atoms with Gasteiger partial charge in [-0.05, 0) is 29.8 Å². The fraction of sp³-hybridized carbons (Fsp3) is 0.562. The van der Waals surface area contributed by atoms with Crippen molar-refractivity contribution in [2.45, 2.75) is 39.1 Å². The molecule has 1 N–H and O–H groups in total. The van der Waals surface area contributed by atoms with Crippen molar-refractivity contribution in [3.05, 3.63) is 41.5 Å². The molecule has 1 unspecified atom stereocenters. The Morgan fingerprint density at radius 1 is 1.27 bits per heavy atom. The van der Waals surface area contributed by atoms with E-state index in [9.17, 15) is 5.11 Å². The van der Waals surface area contributed by atoms with Crippen molar-refractivity contribution in [1.29, 1.82) is 0 Å². The van der Waals surface area contributed by atoms with E-state index in [0.29, 0.717) is 11.5 Å². The van der Waals surface area contributed by atoms with Crippen LogP contribution in [0.1, 0.15) is 35.6 Å². The summed E-state index contributed by atoms with van der Waals surface area (Å²) in [5.74, 6) is 1.45. The van der Waals surface area contributed by atoms with Crippen LogP contribution in [-0.2, 0) is 26.7 Å². The van der Waals surface area contributed by atoms with Crippen LogP contribution in [0.2, 0.25) is 0 Å². The number of fused-ring (bicyclic) bond motifs is 1. The average molecular weight is 357 g/mol. The Kier molecular flexibility index (Phi) is 4.51. The highest BCUT2D eigenvalue weighted by Gasteiger charge is 2.23. The van der Waals surface area contributed by atoms with Gasteiger partial charge in [0, 0.05) is 45.6 Å². The summed E-state index contributed by atoms with van der Waals surface area (Å²) in [4.78, 5) is 6.62. The van der Waals surface area contributed by atoms with E-state index in [1.54, 1.807) is 6.20 Å². The summed E-state index contributed by atoms with van der Waals surface area (Å²) in [6.07, 6.45) is 3.69. The third kappa shape index (κ3) is 3.25. The monoisotopic (exact) mass is 357 g/mol. The lowest BCUT2D eigenvalue weighted by atomic mass is 10.2. The zero-order chi connectivity index (χ0) is 18.1. The molecule has 3 aromatic heterocycles. The minimum absolute atomic E-state index is 0.606. The van der Waals surface area contributed by atoms with Gasteiger partial charge in [-0.3, -0.25) is 9.58 Å². The third-order valence-electron chi connectivity index (χ3n) is 4.83. The van der Waals surface area contributed by atoms with Crippen LogP contribution in [0.3, 0.4) is 0 Å². The molecule has 1 aliphatic rings. The molecule has 0 radical (unpaired) electrons. The number of imidazole rings is 1. The molecule has 0 spiro atoms. The maximum atomic E-state index is 10.6. The first kappa shape index (κ1) is 16.9. The SMILES string of the molecule is Cc1nnnn1CCCN1CCn2nc(C(O)c3nccn3C)cc2C1. The van der Waals surface area contributed by atoms with Gasteiger partial charge >= 0.3 is 0 Å². The van der Waals surface area contributed by atoms with Gasteiger partial charge in [-0.15, -0.1) is 5.10 Å². The molecule has 4 rings (SSSR count). The van der Waals surface area contributed by atoms with Crippen molar-refractivity contribution in [1.82, 2.24) is 44.4 Å². The zero-order valence-electron chi connectivity index (χ0n) is 15.0. The minimum atomic E-state index is -0.802. The Balaban J connectivity index is 1.37. The number of aliphatic hydroxyl groups excluding tert-OH is 1.